The number of para-hydroxylation sites is 2. The van der Waals surface area contributed by atoms with E-state index < -0.39 is 35.4 Å². The average molecular weight is 476 g/mol. The number of nitrogens with one attached hydrogen (secondary N) is 2. The van der Waals surface area contributed by atoms with Crippen molar-refractivity contribution >= 4 is 23.3 Å². The highest BCUT2D eigenvalue weighted by atomic mass is 19.4. The number of halogens is 3. The smallest absolute Gasteiger partial charge is 0.326 e. The number of nitrogens with zero attached hydrogens (tertiary/aromatic N) is 2. The normalized spacial score (nSPS) is 15.9. The first kappa shape index (κ1) is 23.6. The van der Waals surface area contributed by atoms with Gasteiger partial charge in [0.05, 0.1) is 40.2 Å². The minimum Gasteiger partial charge on any atom is -0.326 e. The standard InChI is InChI=1S/C26H19F3N4O2/c1-16-22(24(34)31-21-10-6-5-9-20(21)26(27,28)29)23(18-13-11-17(15-30)12-14-18)32-25(35)33(16)19-7-3-2-4-8-19/h2-14,23H,1H3,(H,31,34)(H,32,35)/t23-/m1/s1. The van der Waals surface area contributed by atoms with Crippen molar-refractivity contribution in [2.75, 3.05) is 10.2 Å². The van der Waals surface area contributed by atoms with Crippen molar-refractivity contribution in [1.29, 1.82) is 5.26 Å². The van der Waals surface area contributed by atoms with Crippen LogP contribution in [-0.2, 0) is 11.0 Å². The van der Waals surface area contributed by atoms with Crippen LogP contribution in [0.1, 0.15) is 29.7 Å². The third kappa shape index (κ3) is 4.73. The third-order valence-electron chi connectivity index (χ3n) is 5.60. The molecule has 0 aliphatic carbocycles. The number of carbonyl (C=O) groups is 2. The van der Waals surface area contributed by atoms with E-state index in [2.05, 4.69) is 10.6 Å². The van der Waals surface area contributed by atoms with Gasteiger partial charge in [0, 0.05) is 5.70 Å². The second-order valence-electron chi connectivity index (χ2n) is 7.78. The quantitative estimate of drug-likeness (QED) is 0.502. The molecule has 9 heteroatoms. The zero-order valence-corrected chi connectivity index (χ0v) is 18.4. The first-order valence-electron chi connectivity index (χ1n) is 10.5. The highest BCUT2D eigenvalue weighted by Gasteiger charge is 2.38. The predicted octanol–water partition coefficient (Wildman–Crippen LogP) is 5.76. The van der Waals surface area contributed by atoms with Crippen LogP contribution >= 0.6 is 0 Å². The number of alkyl halides is 3. The fourth-order valence-electron chi connectivity index (χ4n) is 3.95. The highest BCUT2D eigenvalue weighted by Crippen LogP contribution is 2.37. The van der Waals surface area contributed by atoms with Crippen molar-refractivity contribution < 1.29 is 22.8 Å². The summed E-state index contributed by atoms with van der Waals surface area (Å²) >= 11 is 0. The van der Waals surface area contributed by atoms with Crippen LogP contribution in [0.3, 0.4) is 0 Å². The monoisotopic (exact) mass is 476 g/mol. The molecule has 2 N–H and O–H groups in total. The van der Waals surface area contributed by atoms with Gasteiger partial charge >= 0.3 is 12.2 Å². The number of rotatable bonds is 4. The topological polar surface area (TPSA) is 85.2 Å². The summed E-state index contributed by atoms with van der Waals surface area (Å²) in [5.74, 6) is -0.797. The molecule has 3 aromatic carbocycles. The lowest BCUT2D eigenvalue weighted by molar-refractivity contribution is -0.137. The molecule has 0 fully saturated rings. The van der Waals surface area contributed by atoms with E-state index in [1.165, 1.54) is 35.2 Å². The van der Waals surface area contributed by atoms with E-state index in [9.17, 15) is 22.8 Å². The molecule has 0 saturated carbocycles. The SMILES string of the molecule is CC1=C(C(=O)Nc2ccccc2C(F)(F)F)[C@@H](c2ccc(C#N)cc2)NC(=O)N1c1ccccc1. The molecule has 0 unspecified atom stereocenters. The maximum atomic E-state index is 13.5. The molecule has 4 rings (SSSR count). The van der Waals surface area contributed by atoms with Gasteiger partial charge in [-0.2, -0.15) is 18.4 Å². The Kier molecular flexibility index (Phi) is 6.30. The molecule has 0 spiro atoms. The maximum Gasteiger partial charge on any atom is 0.418 e. The molecule has 3 amide bonds. The minimum absolute atomic E-state index is 0.0649. The minimum atomic E-state index is -4.67. The Morgan fingerprint density at radius 3 is 2.26 bits per heavy atom. The molecule has 0 saturated heterocycles. The Hall–Kier alpha value is -4.58. The number of benzene rings is 3. The Morgan fingerprint density at radius 2 is 1.63 bits per heavy atom. The first-order valence-corrected chi connectivity index (χ1v) is 10.5. The van der Waals surface area contributed by atoms with Gasteiger partial charge in [0.15, 0.2) is 0 Å². The van der Waals surface area contributed by atoms with Gasteiger partial charge in [-0.25, -0.2) is 4.79 Å². The Bertz CT molecular complexity index is 1340. The number of urea groups is 1. The van der Waals surface area contributed by atoms with Crippen LogP contribution in [0.15, 0.2) is 90.1 Å². The van der Waals surface area contributed by atoms with Crippen molar-refractivity contribution in [3.8, 4) is 6.07 Å². The molecule has 0 radical (unpaired) electrons. The van der Waals surface area contributed by atoms with Crippen molar-refractivity contribution in [3.63, 3.8) is 0 Å². The molecule has 35 heavy (non-hydrogen) atoms. The van der Waals surface area contributed by atoms with Crippen LogP contribution in [0.2, 0.25) is 0 Å². The van der Waals surface area contributed by atoms with Gasteiger partial charge in [0.25, 0.3) is 5.91 Å². The second-order valence-corrected chi connectivity index (χ2v) is 7.78. The number of hydrogen-bond donors (Lipinski definition) is 2. The van der Waals surface area contributed by atoms with Gasteiger partial charge in [-0.05, 0) is 48.9 Å². The van der Waals surface area contributed by atoms with Crippen molar-refractivity contribution in [2.24, 2.45) is 0 Å². The molecular formula is C26H19F3N4O2. The Balaban J connectivity index is 1.82. The number of carbonyl (C=O) groups excluding carboxylic acids is 2. The highest BCUT2D eigenvalue weighted by molar-refractivity contribution is 6.10. The molecule has 176 valence electrons. The largest absolute Gasteiger partial charge is 0.418 e. The first-order chi connectivity index (χ1) is 16.7. The molecule has 1 aliphatic rings. The van der Waals surface area contributed by atoms with Crippen molar-refractivity contribution in [3.05, 3.63) is 107 Å². The van der Waals surface area contributed by atoms with Gasteiger partial charge < -0.3 is 10.6 Å². The number of hydrogen-bond acceptors (Lipinski definition) is 3. The number of amides is 3. The molecule has 1 heterocycles. The summed E-state index contributed by atoms with van der Waals surface area (Å²) in [6.07, 6.45) is -4.67. The number of allylic oxidation sites excluding steroid dienone is 1. The molecule has 6 nitrogen and oxygen atoms in total. The third-order valence-corrected chi connectivity index (χ3v) is 5.60. The average Bonchev–Trinajstić information content (AvgIpc) is 2.84. The lowest BCUT2D eigenvalue weighted by Crippen LogP contribution is -2.48. The maximum absolute atomic E-state index is 13.5. The zero-order valence-electron chi connectivity index (χ0n) is 18.4. The van der Waals surface area contributed by atoms with Crippen LogP contribution in [0.25, 0.3) is 0 Å². The zero-order chi connectivity index (χ0) is 25.2. The summed E-state index contributed by atoms with van der Waals surface area (Å²) in [6, 6.07) is 20.1. The van der Waals surface area contributed by atoms with E-state index >= 15 is 0 Å². The molecule has 0 aromatic heterocycles. The van der Waals surface area contributed by atoms with E-state index in [1.807, 2.05) is 6.07 Å². The van der Waals surface area contributed by atoms with Crippen molar-refractivity contribution in [1.82, 2.24) is 5.32 Å². The van der Waals surface area contributed by atoms with Crippen LogP contribution in [0, 0.1) is 11.3 Å². The van der Waals surface area contributed by atoms with E-state index in [-0.39, 0.29) is 11.3 Å². The lowest BCUT2D eigenvalue weighted by Gasteiger charge is -2.36. The van der Waals surface area contributed by atoms with E-state index in [0.717, 1.165) is 6.07 Å². The molecule has 1 aliphatic heterocycles. The molecule has 3 aromatic rings. The fraction of sp³-hybridized carbons (Fsp3) is 0.115. The van der Waals surface area contributed by atoms with E-state index in [0.29, 0.717) is 16.8 Å². The van der Waals surface area contributed by atoms with Crippen LogP contribution in [0.4, 0.5) is 29.3 Å². The van der Waals surface area contributed by atoms with Gasteiger partial charge in [0.1, 0.15) is 0 Å². The summed E-state index contributed by atoms with van der Waals surface area (Å²) in [5.41, 5.74) is 0.313. The molecular weight excluding hydrogens is 457 g/mol. The van der Waals surface area contributed by atoms with Gasteiger partial charge in [-0.1, -0.05) is 42.5 Å². The Labute approximate surface area is 199 Å². The van der Waals surface area contributed by atoms with Crippen molar-refractivity contribution in [2.45, 2.75) is 19.1 Å². The second kappa shape index (κ2) is 9.35. The lowest BCUT2D eigenvalue weighted by atomic mass is 9.93. The van der Waals surface area contributed by atoms with Crippen LogP contribution in [0.5, 0.6) is 0 Å². The number of anilines is 2. The molecule has 0 bridgehead atoms. The summed E-state index contributed by atoms with van der Waals surface area (Å²) in [6.45, 7) is 1.56. The Morgan fingerprint density at radius 1 is 1.00 bits per heavy atom. The van der Waals surface area contributed by atoms with Crippen LogP contribution < -0.4 is 15.5 Å². The molecule has 1 atom stereocenters. The van der Waals surface area contributed by atoms with E-state index in [1.54, 1.807) is 49.4 Å². The van der Waals surface area contributed by atoms with Crippen LogP contribution in [-0.4, -0.2) is 11.9 Å². The van der Waals surface area contributed by atoms with E-state index in [4.69, 9.17) is 5.26 Å². The summed E-state index contributed by atoms with van der Waals surface area (Å²) in [4.78, 5) is 27.8. The fourth-order valence-corrected chi connectivity index (χ4v) is 3.95. The van der Waals surface area contributed by atoms with Gasteiger partial charge in [0.2, 0.25) is 0 Å². The predicted molar refractivity (Wildman–Crippen MR) is 124 cm³/mol. The van der Waals surface area contributed by atoms with Gasteiger partial charge in [-0.15, -0.1) is 0 Å². The van der Waals surface area contributed by atoms with Gasteiger partial charge in [-0.3, -0.25) is 9.69 Å². The summed E-state index contributed by atoms with van der Waals surface area (Å²) in [7, 11) is 0. The number of nitriles is 1. The summed E-state index contributed by atoms with van der Waals surface area (Å²) < 4.78 is 40.5. The summed E-state index contributed by atoms with van der Waals surface area (Å²) in [5, 5.41) is 14.2.